The molecule has 122 valence electrons. The topological polar surface area (TPSA) is 0 Å². The molecule has 1 heteroatoms. The molecule has 0 saturated carbocycles. The smallest absolute Gasteiger partial charge is 0.0779 e. The van der Waals surface area contributed by atoms with Crippen LogP contribution in [0.3, 0.4) is 0 Å². The lowest BCUT2D eigenvalue weighted by molar-refractivity contribution is 1.36. The van der Waals surface area contributed by atoms with E-state index in [1.54, 1.807) is 5.20 Å². The Morgan fingerprint density at radius 2 is 1.00 bits per heavy atom. The molecule has 1 aliphatic carbocycles. The summed E-state index contributed by atoms with van der Waals surface area (Å²) in [5.74, 6) is 0. The molecule has 3 aromatic rings. The van der Waals surface area contributed by atoms with E-state index in [-0.39, 0.29) is 0 Å². The van der Waals surface area contributed by atoms with Crippen molar-refractivity contribution in [2.24, 2.45) is 0 Å². The van der Waals surface area contributed by atoms with Crippen LogP contribution in [-0.2, 0) is 0 Å². The Balaban J connectivity index is 2.07. The van der Waals surface area contributed by atoms with E-state index in [4.69, 9.17) is 0 Å². The van der Waals surface area contributed by atoms with Gasteiger partial charge in [-0.2, -0.15) is 0 Å². The summed E-state index contributed by atoms with van der Waals surface area (Å²) in [6.45, 7) is 2.22. The van der Waals surface area contributed by atoms with Gasteiger partial charge in [0, 0.05) is 0 Å². The van der Waals surface area contributed by atoms with E-state index in [1.165, 1.54) is 21.1 Å². The molecule has 3 aromatic carbocycles. The molecule has 0 radical (unpaired) electrons. The van der Waals surface area contributed by atoms with Crippen LogP contribution < -0.4 is 15.6 Å². The first-order valence-corrected chi connectivity index (χ1v) is 10.9. The van der Waals surface area contributed by atoms with Crippen molar-refractivity contribution < 1.29 is 0 Å². The average Bonchev–Trinajstić information content (AvgIpc) is 3.12. The average molecular weight is 339 g/mol. The number of hydrogen-bond acceptors (Lipinski definition) is 0. The van der Waals surface area contributed by atoms with Gasteiger partial charge in [0.1, 0.15) is 0 Å². The van der Waals surface area contributed by atoms with Gasteiger partial charge in [-0.15, -0.1) is 0 Å². The van der Waals surface area contributed by atoms with Gasteiger partial charge in [0.2, 0.25) is 0 Å². The summed E-state index contributed by atoms with van der Waals surface area (Å²) in [7, 11) is -2.22. The standard InChI is InChI=1S/C24H22Si/c1-20-17-18-24(19-20)25(21-11-5-2-6-12-21,22-13-7-3-8-14-22)23-15-9-4-10-16-23/h2-17,19H,18H2,1H3. The Labute approximate surface area is 151 Å². The van der Waals surface area contributed by atoms with Gasteiger partial charge in [0.15, 0.2) is 8.07 Å². The highest BCUT2D eigenvalue weighted by Gasteiger charge is 2.42. The van der Waals surface area contributed by atoms with Gasteiger partial charge in [-0.3, -0.25) is 0 Å². The molecule has 0 saturated heterocycles. The largest absolute Gasteiger partial charge is 0.175 e. The maximum Gasteiger partial charge on any atom is 0.175 e. The van der Waals surface area contributed by atoms with Crippen molar-refractivity contribution in [3.05, 3.63) is 114 Å². The van der Waals surface area contributed by atoms with Gasteiger partial charge < -0.3 is 0 Å². The monoisotopic (exact) mass is 338 g/mol. The molecule has 0 atom stereocenters. The first-order chi connectivity index (χ1) is 12.3. The molecule has 0 nitrogen and oxygen atoms in total. The Bertz CT molecular complexity index is 809. The summed E-state index contributed by atoms with van der Waals surface area (Å²) in [5, 5.41) is 5.96. The minimum atomic E-state index is -2.22. The third-order valence-corrected chi connectivity index (χ3v) is 10.1. The summed E-state index contributed by atoms with van der Waals surface area (Å²) >= 11 is 0. The van der Waals surface area contributed by atoms with Crippen LogP contribution in [0.2, 0.25) is 0 Å². The van der Waals surface area contributed by atoms with Gasteiger partial charge in [-0.25, -0.2) is 0 Å². The van der Waals surface area contributed by atoms with Gasteiger partial charge in [0.05, 0.1) is 0 Å². The molecule has 0 amide bonds. The minimum Gasteiger partial charge on any atom is -0.0779 e. The summed E-state index contributed by atoms with van der Waals surface area (Å²) < 4.78 is 0. The summed E-state index contributed by atoms with van der Waals surface area (Å²) in [6.07, 6.45) is 5.85. The Morgan fingerprint density at radius 1 is 0.600 bits per heavy atom. The summed E-state index contributed by atoms with van der Waals surface area (Å²) in [5.41, 5.74) is 1.38. The summed E-state index contributed by atoms with van der Waals surface area (Å²) in [6, 6.07) is 33.3. The molecule has 0 fully saturated rings. The SMILES string of the molecule is CC1=CCC([Si](c2ccccc2)(c2ccccc2)c2ccccc2)=C1. The predicted molar refractivity (Wildman–Crippen MR) is 110 cm³/mol. The highest BCUT2D eigenvalue weighted by Crippen LogP contribution is 2.26. The van der Waals surface area contributed by atoms with Gasteiger partial charge in [0.25, 0.3) is 0 Å². The Kier molecular flexibility index (Phi) is 4.25. The highest BCUT2D eigenvalue weighted by atomic mass is 28.3. The maximum absolute atomic E-state index is 2.43. The Morgan fingerprint density at radius 3 is 1.32 bits per heavy atom. The van der Waals surface area contributed by atoms with Gasteiger partial charge >= 0.3 is 0 Å². The lowest BCUT2D eigenvalue weighted by Crippen LogP contribution is -2.68. The van der Waals surface area contributed by atoms with Crippen molar-refractivity contribution in [2.45, 2.75) is 13.3 Å². The normalized spacial score (nSPS) is 14.1. The lowest BCUT2D eigenvalue weighted by Gasteiger charge is -2.35. The zero-order valence-electron chi connectivity index (χ0n) is 14.5. The molecule has 0 aliphatic heterocycles. The molecular formula is C24H22Si. The zero-order chi connectivity index (χ0) is 17.1. The van der Waals surface area contributed by atoms with Crippen molar-refractivity contribution in [1.82, 2.24) is 0 Å². The molecule has 0 N–H and O–H groups in total. The van der Waals surface area contributed by atoms with E-state index >= 15 is 0 Å². The van der Waals surface area contributed by atoms with E-state index < -0.39 is 8.07 Å². The van der Waals surface area contributed by atoms with Crippen LogP contribution in [0, 0.1) is 0 Å². The van der Waals surface area contributed by atoms with Crippen LogP contribution in [0.5, 0.6) is 0 Å². The van der Waals surface area contributed by atoms with Crippen LogP contribution in [0.1, 0.15) is 13.3 Å². The number of hydrogen-bond donors (Lipinski definition) is 0. The van der Waals surface area contributed by atoms with Crippen molar-refractivity contribution in [3.8, 4) is 0 Å². The molecule has 4 rings (SSSR count). The van der Waals surface area contributed by atoms with E-state index in [2.05, 4.69) is 110 Å². The number of allylic oxidation sites excluding steroid dienone is 4. The zero-order valence-corrected chi connectivity index (χ0v) is 15.5. The molecule has 0 bridgehead atoms. The quantitative estimate of drug-likeness (QED) is 0.499. The van der Waals surface area contributed by atoms with Crippen molar-refractivity contribution in [3.63, 3.8) is 0 Å². The molecule has 0 aromatic heterocycles. The molecule has 25 heavy (non-hydrogen) atoms. The second-order valence-corrected chi connectivity index (χ2v) is 10.5. The molecule has 0 spiro atoms. The minimum absolute atomic E-state index is 1.05. The van der Waals surface area contributed by atoms with Crippen molar-refractivity contribution in [1.29, 1.82) is 0 Å². The van der Waals surface area contributed by atoms with E-state index in [0.29, 0.717) is 0 Å². The molecular weight excluding hydrogens is 316 g/mol. The second-order valence-electron chi connectivity index (χ2n) is 6.67. The predicted octanol–water partition coefficient (Wildman–Crippen LogP) is 3.97. The van der Waals surface area contributed by atoms with Crippen LogP contribution in [0.4, 0.5) is 0 Å². The van der Waals surface area contributed by atoms with Gasteiger partial charge in [-0.1, -0.05) is 114 Å². The van der Waals surface area contributed by atoms with Crippen LogP contribution >= 0.6 is 0 Å². The third-order valence-electron chi connectivity index (χ3n) is 5.15. The van der Waals surface area contributed by atoms with E-state index in [0.717, 1.165) is 6.42 Å². The van der Waals surface area contributed by atoms with Crippen LogP contribution in [-0.4, -0.2) is 8.07 Å². The highest BCUT2D eigenvalue weighted by molar-refractivity contribution is 7.16. The first-order valence-electron chi connectivity index (χ1n) is 8.86. The van der Waals surface area contributed by atoms with Crippen molar-refractivity contribution >= 4 is 23.6 Å². The van der Waals surface area contributed by atoms with E-state index in [1.807, 2.05) is 0 Å². The summed E-state index contributed by atoms with van der Waals surface area (Å²) in [4.78, 5) is 0. The van der Waals surface area contributed by atoms with Crippen LogP contribution in [0.25, 0.3) is 0 Å². The van der Waals surface area contributed by atoms with Crippen molar-refractivity contribution in [2.75, 3.05) is 0 Å². The fourth-order valence-corrected chi connectivity index (χ4v) is 9.09. The first kappa shape index (κ1) is 15.9. The Hall–Kier alpha value is -2.64. The maximum atomic E-state index is 2.43. The van der Waals surface area contributed by atoms with Gasteiger partial charge in [-0.05, 0) is 28.9 Å². The number of benzene rings is 3. The third kappa shape index (κ3) is 2.71. The molecule has 1 aliphatic rings. The lowest BCUT2D eigenvalue weighted by atomic mass is 10.3. The number of rotatable bonds is 4. The second kappa shape index (κ2) is 6.70. The molecule has 0 heterocycles. The fraction of sp³-hybridized carbons (Fsp3) is 0.0833. The molecule has 0 unspecified atom stereocenters. The van der Waals surface area contributed by atoms with E-state index in [9.17, 15) is 0 Å². The fourth-order valence-electron chi connectivity index (χ4n) is 4.05. The van der Waals surface area contributed by atoms with Crippen LogP contribution in [0.15, 0.2) is 114 Å².